The molecule has 0 bridgehead atoms. The third-order valence-electron chi connectivity index (χ3n) is 5.99. The number of benzene rings is 1. The fraction of sp³-hybridized carbons (Fsp3) is 0.435. The number of carbonyl (C=O) groups excluding carboxylic acids is 2. The van der Waals surface area contributed by atoms with Gasteiger partial charge in [0, 0.05) is 44.8 Å². The van der Waals surface area contributed by atoms with Crippen molar-refractivity contribution in [1.82, 2.24) is 24.7 Å². The maximum absolute atomic E-state index is 12.7. The summed E-state index contributed by atoms with van der Waals surface area (Å²) in [5.74, 6) is 0.411. The SMILES string of the molecule is C[C@H]1CNCCCN1C/C=C/C(=O)N1CCn2c(C(=O)Nc3ccccc3Cl)cnc2C1. The summed E-state index contributed by atoms with van der Waals surface area (Å²) in [6.45, 7) is 7.46. The zero-order valence-corrected chi connectivity index (χ0v) is 19.0. The first-order chi connectivity index (χ1) is 15.5. The molecule has 9 heteroatoms. The van der Waals surface area contributed by atoms with Gasteiger partial charge in [0.2, 0.25) is 5.91 Å². The predicted octanol–water partition coefficient (Wildman–Crippen LogP) is 2.37. The lowest BCUT2D eigenvalue weighted by Gasteiger charge is -2.28. The second-order valence-electron chi connectivity index (χ2n) is 8.21. The third kappa shape index (κ3) is 5.20. The van der Waals surface area contributed by atoms with Crippen molar-refractivity contribution in [3.05, 3.63) is 59.2 Å². The fourth-order valence-corrected chi connectivity index (χ4v) is 4.29. The van der Waals surface area contributed by atoms with Gasteiger partial charge in [0.25, 0.3) is 5.91 Å². The lowest BCUT2D eigenvalue weighted by molar-refractivity contribution is -0.127. The van der Waals surface area contributed by atoms with Crippen molar-refractivity contribution < 1.29 is 9.59 Å². The maximum atomic E-state index is 12.7. The highest BCUT2D eigenvalue weighted by Gasteiger charge is 2.25. The first kappa shape index (κ1) is 22.5. The number of hydrogen-bond acceptors (Lipinski definition) is 5. The van der Waals surface area contributed by atoms with E-state index in [1.807, 2.05) is 22.8 Å². The summed E-state index contributed by atoms with van der Waals surface area (Å²) in [6.07, 6.45) is 6.29. The molecule has 0 spiro atoms. The van der Waals surface area contributed by atoms with E-state index in [0.29, 0.717) is 47.9 Å². The minimum atomic E-state index is -0.266. The predicted molar refractivity (Wildman–Crippen MR) is 125 cm³/mol. The van der Waals surface area contributed by atoms with Crippen LogP contribution in [0.4, 0.5) is 5.69 Å². The molecule has 0 radical (unpaired) electrons. The summed E-state index contributed by atoms with van der Waals surface area (Å²) in [5, 5.41) is 6.74. The molecule has 1 aromatic carbocycles. The molecule has 2 aliphatic rings. The zero-order valence-electron chi connectivity index (χ0n) is 18.3. The number of fused-ring (bicyclic) bond motifs is 1. The van der Waals surface area contributed by atoms with Crippen molar-refractivity contribution >= 4 is 29.1 Å². The number of nitrogens with zero attached hydrogens (tertiary/aromatic N) is 4. The first-order valence-electron chi connectivity index (χ1n) is 11.0. The highest BCUT2D eigenvalue weighted by Crippen LogP contribution is 2.22. The number of aromatic nitrogens is 2. The maximum Gasteiger partial charge on any atom is 0.273 e. The van der Waals surface area contributed by atoms with E-state index in [4.69, 9.17) is 11.6 Å². The summed E-state index contributed by atoms with van der Waals surface area (Å²) in [4.78, 5) is 34.0. The number of carbonyl (C=O) groups is 2. The Kier molecular flexibility index (Phi) is 7.24. The van der Waals surface area contributed by atoms with Gasteiger partial charge in [-0.2, -0.15) is 0 Å². The molecule has 2 amide bonds. The molecular weight excluding hydrogens is 428 g/mol. The molecule has 1 atom stereocenters. The monoisotopic (exact) mass is 456 g/mol. The Labute approximate surface area is 193 Å². The van der Waals surface area contributed by atoms with Crippen molar-refractivity contribution in [2.75, 3.05) is 38.0 Å². The highest BCUT2D eigenvalue weighted by atomic mass is 35.5. The van der Waals surface area contributed by atoms with Crippen LogP contribution in [0.2, 0.25) is 5.02 Å². The molecule has 1 fully saturated rings. The number of imidazole rings is 1. The smallest absolute Gasteiger partial charge is 0.273 e. The third-order valence-corrected chi connectivity index (χ3v) is 6.32. The van der Waals surface area contributed by atoms with Crippen molar-refractivity contribution in [2.24, 2.45) is 0 Å². The van der Waals surface area contributed by atoms with Crippen LogP contribution >= 0.6 is 11.6 Å². The number of amides is 2. The lowest BCUT2D eigenvalue weighted by Crippen LogP contribution is -2.39. The largest absolute Gasteiger partial charge is 0.330 e. The topological polar surface area (TPSA) is 82.5 Å². The minimum Gasteiger partial charge on any atom is -0.330 e. The molecule has 4 rings (SSSR count). The Bertz CT molecular complexity index is 1000. The molecule has 1 saturated heterocycles. The molecule has 3 heterocycles. The Morgan fingerprint density at radius 1 is 1.28 bits per heavy atom. The molecule has 32 heavy (non-hydrogen) atoms. The number of para-hydroxylation sites is 1. The van der Waals surface area contributed by atoms with Gasteiger partial charge in [-0.25, -0.2) is 4.98 Å². The standard InChI is InChI=1S/C23H29ClN6O2/c1-17-14-25-9-5-11-28(17)10-4-8-22(31)29-12-13-30-20(15-26-21(30)16-29)23(32)27-19-7-3-2-6-18(19)24/h2-4,6-8,15,17,25H,5,9-14,16H2,1H3,(H,27,32)/b8-4+/t17-/m0/s1. The summed E-state index contributed by atoms with van der Waals surface area (Å²) in [6, 6.07) is 7.56. The van der Waals surface area contributed by atoms with Gasteiger partial charge >= 0.3 is 0 Å². The second-order valence-corrected chi connectivity index (χ2v) is 8.62. The van der Waals surface area contributed by atoms with Gasteiger partial charge in [-0.3, -0.25) is 14.5 Å². The lowest BCUT2D eigenvalue weighted by atomic mass is 10.2. The first-order valence-corrected chi connectivity index (χ1v) is 11.4. The number of rotatable bonds is 5. The van der Waals surface area contributed by atoms with Crippen LogP contribution in [-0.4, -0.2) is 69.9 Å². The Morgan fingerprint density at radius 2 is 2.12 bits per heavy atom. The molecule has 8 nitrogen and oxygen atoms in total. The molecule has 2 aromatic rings. The van der Waals surface area contributed by atoms with Gasteiger partial charge in [-0.05, 0) is 32.0 Å². The number of hydrogen-bond donors (Lipinski definition) is 2. The summed E-state index contributed by atoms with van der Waals surface area (Å²) < 4.78 is 1.87. The average molecular weight is 457 g/mol. The normalized spacial score (nSPS) is 19.6. The van der Waals surface area contributed by atoms with Gasteiger partial charge in [-0.15, -0.1) is 0 Å². The Morgan fingerprint density at radius 3 is 2.97 bits per heavy atom. The van der Waals surface area contributed by atoms with E-state index in [1.165, 1.54) is 0 Å². The molecular formula is C23H29ClN6O2. The van der Waals surface area contributed by atoms with E-state index in [-0.39, 0.29) is 11.8 Å². The van der Waals surface area contributed by atoms with E-state index in [9.17, 15) is 9.59 Å². The van der Waals surface area contributed by atoms with E-state index >= 15 is 0 Å². The van der Waals surface area contributed by atoms with Crippen LogP contribution in [0.3, 0.4) is 0 Å². The molecule has 2 aliphatic heterocycles. The van der Waals surface area contributed by atoms with Crippen molar-refractivity contribution in [3.63, 3.8) is 0 Å². The summed E-state index contributed by atoms with van der Waals surface area (Å²) >= 11 is 6.14. The fourth-order valence-electron chi connectivity index (χ4n) is 4.11. The summed E-state index contributed by atoms with van der Waals surface area (Å²) in [7, 11) is 0. The molecule has 170 valence electrons. The molecule has 0 aliphatic carbocycles. The molecule has 2 N–H and O–H groups in total. The number of anilines is 1. The van der Waals surface area contributed by atoms with E-state index < -0.39 is 0 Å². The van der Waals surface area contributed by atoms with Crippen LogP contribution in [0.1, 0.15) is 29.7 Å². The highest BCUT2D eigenvalue weighted by molar-refractivity contribution is 6.33. The molecule has 0 unspecified atom stereocenters. The summed E-state index contributed by atoms with van der Waals surface area (Å²) in [5.41, 5.74) is 1.02. The van der Waals surface area contributed by atoms with Gasteiger partial charge in [0.05, 0.1) is 23.5 Å². The van der Waals surface area contributed by atoms with Crippen LogP contribution in [0.15, 0.2) is 42.6 Å². The number of halogens is 1. The van der Waals surface area contributed by atoms with Gasteiger partial charge in [-0.1, -0.05) is 29.8 Å². The molecule has 1 aromatic heterocycles. The van der Waals surface area contributed by atoms with Gasteiger partial charge in [0.1, 0.15) is 11.5 Å². The van der Waals surface area contributed by atoms with Crippen LogP contribution in [-0.2, 0) is 17.9 Å². The van der Waals surface area contributed by atoms with Crippen molar-refractivity contribution in [3.8, 4) is 0 Å². The van der Waals surface area contributed by atoms with E-state index in [2.05, 4.69) is 27.4 Å². The minimum absolute atomic E-state index is 0.0260. The van der Waals surface area contributed by atoms with Crippen molar-refractivity contribution in [1.29, 1.82) is 0 Å². The van der Waals surface area contributed by atoms with Crippen LogP contribution in [0, 0.1) is 0 Å². The second kappa shape index (κ2) is 10.3. The van der Waals surface area contributed by atoms with Gasteiger partial charge in [0.15, 0.2) is 0 Å². The average Bonchev–Trinajstić information content (AvgIpc) is 3.11. The van der Waals surface area contributed by atoms with Crippen LogP contribution in [0.5, 0.6) is 0 Å². The Hall–Kier alpha value is -2.68. The van der Waals surface area contributed by atoms with Gasteiger partial charge < -0.3 is 20.1 Å². The van der Waals surface area contributed by atoms with Crippen LogP contribution in [0.25, 0.3) is 0 Å². The van der Waals surface area contributed by atoms with E-state index in [0.717, 1.165) is 32.6 Å². The number of nitrogens with one attached hydrogen (secondary N) is 2. The quantitative estimate of drug-likeness (QED) is 0.675. The van der Waals surface area contributed by atoms with Crippen molar-refractivity contribution in [2.45, 2.75) is 32.5 Å². The molecule has 0 saturated carbocycles. The Balaban J connectivity index is 1.35. The zero-order chi connectivity index (χ0) is 22.5. The van der Waals surface area contributed by atoms with E-state index in [1.54, 1.807) is 29.3 Å². The van der Waals surface area contributed by atoms with Crippen LogP contribution < -0.4 is 10.6 Å².